The van der Waals surface area contributed by atoms with E-state index < -0.39 is 30.5 Å². The molecule has 1 aromatic carbocycles. The summed E-state index contributed by atoms with van der Waals surface area (Å²) in [5, 5.41) is 9.47. The molecular weight excluding hydrogens is 293 g/mol. The molecular formula is C12H11F7O. The van der Waals surface area contributed by atoms with E-state index in [4.69, 9.17) is 0 Å². The predicted molar refractivity (Wildman–Crippen MR) is 56.7 cm³/mol. The van der Waals surface area contributed by atoms with E-state index in [-0.39, 0.29) is 5.56 Å². The Kier molecular flexibility index (Phi) is 4.38. The molecule has 8 heteroatoms. The van der Waals surface area contributed by atoms with E-state index in [2.05, 4.69) is 0 Å². The van der Waals surface area contributed by atoms with Gasteiger partial charge in [0.15, 0.2) is 0 Å². The Morgan fingerprint density at radius 1 is 1.00 bits per heavy atom. The average molecular weight is 304 g/mol. The molecule has 1 nitrogen and oxygen atoms in total. The third kappa shape index (κ3) is 3.23. The first-order chi connectivity index (χ1) is 8.88. The lowest BCUT2D eigenvalue weighted by Gasteiger charge is -2.31. The van der Waals surface area contributed by atoms with Gasteiger partial charge in [-0.05, 0) is 12.5 Å². The Morgan fingerprint density at radius 3 is 1.90 bits per heavy atom. The topological polar surface area (TPSA) is 20.2 Å². The second kappa shape index (κ2) is 5.23. The van der Waals surface area contributed by atoms with Crippen LogP contribution < -0.4 is 0 Å². The number of halogens is 7. The fourth-order valence-electron chi connectivity index (χ4n) is 1.65. The molecule has 0 aliphatic carbocycles. The van der Waals surface area contributed by atoms with E-state index in [0.717, 1.165) is 6.07 Å². The van der Waals surface area contributed by atoms with Gasteiger partial charge in [-0.2, -0.15) is 26.3 Å². The zero-order valence-corrected chi connectivity index (χ0v) is 10.2. The van der Waals surface area contributed by atoms with Crippen LogP contribution in [-0.4, -0.2) is 23.1 Å². The fourth-order valence-corrected chi connectivity index (χ4v) is 1.65. The van der Waals surface area contributed by atoms with Crippen molar-refractivity contribution in [1.29, 1.82) is 0 Å². The first-order valence-electron chi connectivity index (χ1n) is 5.45. The molecule has 0 aliphatic rings. The number of hydrogen-bond acceptors (Lipinski definition) is 1. The minimum Gasteiger partial charge on any atom is -0.388 e. The highest BCUT2D eigenvalue weighted by Crippen LogP contribution is 2.50. The van der Waals surface area contributed by atoms with Crippen LogP contribution in [0.15, 0.2) is 24.3 Å². The van der Waals surface area contributed by atoms with Crippen molar-refractivity contribution < 1.29 is 35.8 Å². The molecule has 0 heterocycles. The number of benzene rings is 1. The van der Waals surface area contributed by atoms with Gasteiger partial charge in [0.25, 0.3) is 0 Å². The van der Waals surface area contributed by atoms with Gasteiger partial charge in [0, 0.05) is 6.42 Å². The van der Waals surface area contributed by atoms with Gasteiger partial charge in [-0.1, -0.05) is 29.8 Å². The molecule has 0 saturated carbocycles. The standard InChI is InChI=1S/C12H11F7O/c1-7-3-2-4-8(5-7)9(20)6-10(13,11(14,15)16)12(17,18)19/h2-5,9,20H,6H2,1H3. The third-order valence-electron chi connectivity index (χ3n) is 2.80. The second-order valence-electron chi connectivity index (χ2n) is 4.43. The lowest BCUT2D eigenvalue weighted by atomic mass is 9.92. The van der Waals surface area contributed by atoms with Crippen molar-refractivity contribution in [3.05, 3.63) is 35.4 Å². The van der Waals surface area contributed by atoms with Crippen molar-refractivity contribution in [3.63, 3.8) is 0 Å². The normalized spacial score (nSPS) is 15.2. The summed E-state index contributed by atoms with van der Waals surface area (Å²) in [5.74, 6) is 0. The molecule has 0 radical (unpaired) electrons. The molecule has 1 atom stereocenters. The number of aliphatic hydroxyl groups excluding tert-OH is 1. The van der Waals surface area contributed by atoms with Crippen molar-refractivity contribution >= 4 is 0 Å². The Balaban J connectivity index is 3.09. The molecule has 0 amide bonds. The van der Waals surface area contributed by atoms with E-state index >= 15 is 0 Å². The van der Waals surface area contributed by atoms with Crippen molar-refractivity contribution in [2.75, 3.05) is 0 Å². The average Bonchev–Trinajstić information content (AvgIpc) is 2.25. The molecule has 20 heavy (non-hydrogen) atoms. The minimum atomic E-state index is -6.16. The molecule has 0 fully saturated rings. The molecule has 0 spiro atoms. The number of rotatable bonds is 3. The van der Waals surface area contributed by atoms with E-state index in [0.29, 0.717) is 5.56 Å². The summed E-state index contributed by atoms with van der Waals surface area (Å²) in [6.45, 7) is 1.53. The summed E-state index contributed by atoms with van der Waals surface area (Å²) in [5.41, 5.74) is -5.14. The molecule has 0 bridgehead atoms. The maximum absolute atomic E-state index is 13.4. The molecule has 0 saturated heterocycles. The second-order valence-corrected chi connectivity index (χ2v) is 4.43. The van der Waals surface area contributed by atoms with Crippen molar-refractivity contribution in [1.82, 2.24) is 0 Å². The highest BCUT2D eigenvalue weighted by Gasteiger charge is 2.72. The van der Waals surface area contributed by atoms with Crippen LogP contribution in [0.3, 0.4) is 0 Å². The lowest BCUT2D eigenvalue weighted by Crippen LogP contribution is -2.54. The smallest absolute Gasteiger partial charge is 0.388 e. The van der Waals surface area contributed by atoms with Gasteiger partial charge in [0.05, 0.1) is 6.10 Å². The first kappa shape index (κ1) is 16.7. The van der Waals surface area contributed by atoms with Crippen LogP contribution in [0, 0.1) is 6.92 Å². The number of hydrogen-bond donors (Lipinski definition) is 1. The fraction of sp³-hybridized carbons (Fsp3) is 0.500. The summed E-state index contributed by atoms with van der Waals surface area (Å²) in [4.78, 5) is 0. The zero-order valence-electron chi connectivity index (χ0n) is 10.2. The van der Waals surface area contributed by atoms with Gasteiger partial charge >= 0.3 is 18.0 Å². The maximum Gasteiger partial charge on any atom is 0.431 e. The van der Waals surface area contributed by atoms with E-state index in [1.54, 1.807) is 0 Å². The van der Waals surface area contributed by atoms with Crippen LogP contribution in [-0.2, 0) is 0 Å². The Labute approximate surface area is 110 Å². The summed E-state index contributed by atoms with van der Waals surface area (Å²) in [6.07, 6.45) is -16.7. The van der Waals surface area contributed by atoms with Gasteiger partial charge in [0.1, 0.15) is 0 Å². The number of aliphatic hydroxyl groups is 1. The third-order valence-corrected chi connectivity index (χ3v) is 2.80. The molecule has 114 valence electrons. The van der Waals surface area contributed by atoms with E-state index in [9.17, 15) is 35.8 Å². The van der Waals surface area contributed by atoms with Crippen LogP contribution in [0.1, 0.15) is 23.7 Å². The highest BCUT2D eigenvalue weighted by molar-refractivity contribution is 5.24. The van der Waals surface area contributed by atoms with Crippen molar-refractivity contribution in [2.24, 2.45) is 0 Å². The highest BCUT2D eigenvalue weighted by atomic mass is 19.4. The monoisotopic (exact) mass is 304 g/mol. The number of aryl methyl sites for hydroxylation is 1. The summed E-state index contributed by atoms with van der Waals surface area (Å²) in [6, 6.07) is 5.20. The van der Waals surface area contributed by atoms with Gasteiger partial charge in [-0.25, -0.2) is 4.39 Å². The van der Waals surface area contributed by atoms with Crippen LogP contribution in [0.25, 0.3) is 0 Å². The van der Waals surface area contributed by atoms with Crippen LogP contribution in [0.2, 0.25) is 0 Å². The molecule has 1 N–H and O–H groups in total. The van der Waals surface area contributed by atoms with Gasteiger partial charge in [-0.15, -0.1) is 0 Å². The summed E-state index contributed by atoms with van der Waals surface area (Å²) in [7, 11) is 0. The SMILES string of the molecule is Cc1cccc(C(O)CC(F)(C(F)(F)F)C(F)(F)F)c1. The van der Waals surface area contributed by atoms with Gasteiger partial charge < -0.3 is 5.11 Å². The largest absolute Gasteiger partial charge is 0.431 e. The quantitative estimate of drug-likeness (QED) is 0.828. The van der Waals surface area contributed by atoms with Crippen molar-refractivity contribution in [3.8, 4) is 0 Å². The molecule has 1 unspecified atom stereocenters. The number of alkyl halides is 7. The van der Waals surface area contributed by atoms with Gasteiger partial charge in [0.2, 0.25) is 0 Å². The Hall–Kier alpha value is -1.31. The van der Waals surface area contributed by atoms with E-state index in [1.807, 2.05) is 0 Å². The summed E-state index contributed by atoms with van der Waals surface area (Å²) < 4.78 is 87.5. The predicted octanol–water partition coefficient (Wildman–Crippen LogP) is 4.25. The van der Waals surface area contributed by atoms with Crippen LogP contribution in [0.5, 0.6) is 0 Å². The Bertz CT molecular complexity index is 450. The zero-order chi connectivity index (χ0) is 15.8. The maximum atomic E-state index is 13.4. The van der Waals surface area contributed by atoms with Crippen molar-refractivity contribution in [2.45, 2.75) is 37.5 Å². The van der Waals surface area contributed by atoms with Crippen LogP contribution in [0.4, 0.5) is 30.7 Å². The molecule has 0 aliphatic heterocycles. The van der Waals surface area contributed by atoms with E-state index in [1.165, 1.54) is 25.1 Å². The minimum absolute atomic E-state index is 0.208. The first-order valence-corrected chi connectivity index (χ1v) is 5.45. The molecule has 1 rings (SSSR count). The van der Waals surface area contributed by atoms with Crippen LogP contribution >= 0.6 is 0 Å². The van der Waals surface area contributed by atoms with Gasteiger partial charge in [-0.3, -0.25) is 0 Å². The molecule has 0 aromatic heterocycles. The molecule has 1 aromatic rings. The Morgan fingerprint density at radius 2 is 1.50 bits per heavy atom. The summed E-state index contributed by atoms with van der Waals surface area (Å²) >= 11 is 0. The lowest BCUT2D eigenvalue weighted by molar-refractivity contribution is -0.347.